The van der Waals surface area contributed by atoms with Crippen LogP contribution in [0, 0.1) is 11.8 Å². The Kier molecular flexibility index (Phi) is 13.6. The Morgan fingerprint density at radius 1 is 1.18 bits per heavy atom. The molecule has 0 aromatic heterocycles. The standard InChI is InChI=1S/C23H38O5/c1-3-4-8-11-20(24)15-13-19-14-16-22(25)21(19)12-9-6-5-7-10-17-28-23(26)18-27-2/h13-16,19-21,24H,3-12,17-18H2,1-2H3/b15-13+/t19-,20-,21+/m0/s1. The van der Waals surface area contributed by atoms with Gasteiger partial charge in [-0.25, -0.2) is 4.79 Å². The average molecular weight is 395 g/mol. The van der Waals surface area contributed by atoms with Crippen molar-refractivity contribution in [2.45, 2.75) is 77.2 Å². The molecule has 0 aromatic rings. The van der Waals surface area contributed by atoms with Gasteiger partial charge in [-0.2, -0.15) is 0 Å². The number of rotatable bonds is 16. The van der Waals surface area contributed by atoms with E-state index in [2.05, 4.69) is 6.92 Å². The Balaban J connectivity index is 2.16. The molecule has 1 rings (SSSR count). The first-order chi connectivity index (χ1) is 13.6. The van der Waals surface area contributed by atoms with Crippen LogP contribution in [-0.2, 0) is 19.1 Å². The van der Waals surface area contributed by atoms with Gasteiger partial charge >= 0.3 is 5.97 Å². The van der Waals surface area contributed by atoms with Gasteiger partial charge < -0.3 is 14.6 Å². The molecule has 28 heavy (non-hydrogen) atoms. The first-order valence-corrected chi connectivity index (χ1v) is 10.8. The fraction of sp³-hybridized carbons (Fsp3) is 0.739. The zero-order valence-electron chi connectivity index (χ0n) is 17.6. The zero-order valence-corrected chi connectivity index (χ0v) is 17.6. The Bertz CT molecular complexity index is 497. The number of ether oxygens (including phenoxy) is 2. The van der Waals surface area contributed by atoms with Gasteiger partial charge in [0, 0.05) is 18.9 Å². The lowest BCUT2D eigenvalue weighted by molar-refractivity contribution is -0.148. The number of carbonyl (C=O) groups excluding carboxylic acids is 2. The maximum Gasteiger partial charge on any atom is 0.332 e. The maximum atomic E-state index is 12.1. The summed E-state index contributed by atoms with van der Waals surface area (Å²) in [5.41, 5.74) is 0. The Morgan fingerprint density at radius 2 is 1.93 bits per heavy atom. The number of aliphatic hydroxyl groups is 1. The van der Waals surface area contributed by atoms with E-state index in [9.17, 15) is 14.7 Å². The number of allylic oxidation sites excluding steroid dienone is 3. The summed E-state index contributed by atoms with van der Waals surface area (Å²) in [5.74, 6) is 0.0344. The van der Waals surface area contributed by atoms with Crippen LogP contribution in [0.2, 0.25) is 0 Å². The molecule has 5 nitrogen and oxygen atoms in total. The van der Waals surface area contributed by atoms with Gasteiger partial charge in [0.2, 0.25) is 0 Å². The van der Waals surface area contributed by atoms with Gasteiger partial charge in [-0.05, 0) is 25.3 Å². The molecule has 3 atom stereocenters. The van der Waals surface area contributed by atoms with Gasteiger partial charge in [0.15, 0.2) is 5.78 Å². The highest BCUT2D eigenvalue weighted by molar-refractivity contribution is 5.94. The van der Waals surface area contributed by atoms with E-state index >= 15 is 0 Å². The SMILES string of the molecule is CCCCC[C@H](O)/C=C/[C@H]1C=CC(=O)[C@@H]1CCCCCCCOC(=O)COC. The van der Waals surface area contributed by atoms with Gasteiger partial charge in [-0.1, -0.05) is 70.1 Å². The van der Waals surface area contributed by atoms with Gasteiger partial charge in [-0.3, -0.25) is 4.79 Å². The molecule has 160 valence electrons. The molecular weight excluding hydrogens is 356 g/mol. The Morgan fingerprint density at radius 3 is 2.68 bits per heavy atom. The highest BCUT2D eigenvalue weighted by Gasteiger charge is 2.27. The van der Waals surface area contributed by atoms with Crippen molar-refractivity contribution in [3.8, 4) is 0 Å². The molecule has 0 radical (unpaired) electrons. The molecule has 0 aromatic carbocycles. The topological polar surface area (TPSA) is 72.8 Å². The molecule has 0 heterocycles. The minimum absolute atomic E-state index is 0.00876. The van der Waals surface area contributed by atoms with Crippen molar-refractivity contribution in [1.29, 1.82) is 0 Å². The van der Waals surface area contributed by atoms with Crippen LogP contribution in [0.3, 0.4) is 0 Å². The van der Waals surface area contributed by atoms with E-state index in [0.29, 0.717) is 6.61 Å². The minimum Gasteiger partial charge on any atom is -0.464 e. The third-order valence-electron chi connectivity index (χ3n) is 5.16. The second-order valence-corrected chi connectivity index (χ2v) is 7.60. The Hall–Kier alpha value is -1.46. The predicted molar refractivity (Wildman–Crippen MR) is 111 cm³/mol. The van der Waals surface area contributed by atoms with E-state index in [4.69, 9.17) is 9.47 Å². The molecule has 1 aliphatic rings. The highest BCUT2D eigenvalue weighted by atomic mass is 16.6. The van der Waals surface area contributed by atoms with Gasteiger partial charge in [-0.15, -0.1) is 0 Å². The lowest BCUT2D eigenvalue weighted by Crippen LogP contribution is -2.15. The molecular formula is C23H38O5. The third-order valence-corrected chi connectivity index (χ3v) is 5.16. The van der Waals surface area contributed by atoms with Crippen LogP contribution in [0.5, 0.6) is 0 Å². The molecule has 5 heteroatoms. The van der Waals surface area contributed by atoms with Crippen molar-refractivity contribution >= 4 is 11.8 Å². The van der Waals surface area contributed by atoms with Gasteiger partial charge in [0.05, 0.1) is 12.7 Å². The average Bonchev–Trinajstić information content (AvgIpc) is 3.02. The number of esters is 1. The monoisotopic (exact) mass is 394 g/mol. The normalized spacial score (nSPS) is 20.2. The molecule has 0 amide bonds. The minimum atomic E-state index is -0.408. The van der Waals surface area contributed by atoms with Crippen molar-refractivity contribution in [3.63, 3.8) is 0 Å². The van der Waals surface area contributed by atoms with E-state index in [0.717, 1.165) is 64.2 Å². The number of ketones is 1. The van der Waals surface area contributed by atoms with Crippen LogP contribution in [-0.4, -0.2) is 43.3 Å². The quantitative estimate of drug-likeness (QED) is 0.239. The first kappa shape index (κ1) is 24.6. The lowest BCUT2D eigenvalue weighted by atomic mass is 9.88. The van der Waals surface area contributed by atoms with Crippen LogP contribution in [0.1, 0.15) is 71.1 Å². The maximum absolute atomic E-state index is 12.1. The van der Waals surface area contributed by atoms with Crippen molar-refractivity contribution in [1.82, 2.24) is 0 Å². The summed E-state index contributed by atoms with van der Waals surface area (Å²) in [6, 6.07) is 0. The van der Waals surface area contributed by atoms with Crippen LogP contribution >= 0.6 is 0 Å². The molecule has 0 saturated heterocycles. The van der Waals surface area contributed by atoms with Crippen molar-refractivity contribution in [3.05, 3.63) is 24.3 Å². The summed E-state index contributed by atoms with van der Waals surface area (Å²) in [6.07, 6.45) is 17.2. The second-order valence-electron chi connectivity index (χ2n) is 7.60. The summed E-state index contributed by atoms with van der Waals surface area (Å²) < 4.78 is 9.74. The van der Waals surface area contributed by atoms with E-state index in [1.165, 1.54) is 7.11 Å². The number of hydrogen-bond acceptors (Lipinski definition) is 5. The second kappa shape index (κ2) is 15.5. The molecule has 0 bridgehead atoms. The summed E-state index contributed by atoms with van der Waals surface area (Å²) in [6.45, 7) is 2.61. The fourth-order valence-electron chi connectivity index (χ4n) is 3.48. The third kappa shape index (κ3) is 10.8. The molecule has 0 spiro atoms. The van der Waals surface area contributed by atoms with E-state index < -0.39 is 6.10 Å². The Labute approximate surface area is 170 Å². The molecule has 0 aliphatic heterocycles. The summed E-state index contributed by atoms with van der Waals surface area (Å²) in [7, 11) is 1.47. The first-order valence-electron chi connectivity index (χ1n) is 10.8. The summed E-state index contributed by atoms with van der Waals surface area (Å²) in [4.78, 5) is 23.3. The smallest absolute Gasteiger partial charge is 0.332 e. The summed E-state index contributed by atoms with van der Waals surface area (Å²) >= 11 is 0. The van der Waals surface area contributed by atoms with Crippen molar-refractivity contribution in [2.75, 3.05) is 20.3 Å². The number of carbonyl (C=O) groups is 2. The van der Waals surface area contributed by atoms with Crippen LogP contribution in [0.4, 0.5) is 0 Å². The lowest BCUT2D eigenvalue weighted by Gasteiger charge is -2.15. The molecule has 1 aliphatic carbocycles. The molecule has 1 N–H and O–H groups in total. The highest BCUT2D eigenvalue weighted by Crippen LogP contribution is 2.29. The number of hydrogen-bond donors (Lipinski definition) is 1. The summed E-state index contributed by atoms with van der Waals surface area (Å²) in [5, 5.41) is 10.0. The van der Waals surface area contributed by atoms with E-state index in [-0.39, 0.29) is 30.2 Å². The van der Waals surface area contributed by atoms with Crippen molar-refractivity contribution < 1.29 is 24.2 Å². The number of aliphatic hydroxyl groups excluding tert-OH is 1. The van der Waals surface area contributed by atoms with E-state index in [1.54, 1.807) is 6.08 Å². The van der Waals surface area contributed by atoms with Crippen LogP contribution in [0.25, 0.3) is 0 Å². The van der Waals surface area contributed by atoms with Crippen LogP contribution in [0.15, 0.2) is 24.3 Å². The van der Waals surface area contributed by atoms with Crippen molar-refractivity contribution in [2.24, 2.45) is 11.8 Å². The van der Waals surface area contributed by atoms with E-state index in [1.807, 2.05) is 18.2 Å². The molecule has 0 unspecified atom stereocenters. The fourth-order valence-corrected chi connectivity index (χ4v) is 3.48. The van der Waals surface area contributed by atoms with Gasteiger partial charge in [0.1, 0.15) is 6.61 Å². The number of methoxy groups -OCH3 is 1. The molecule has 0 fully saturated rings. The van der Waals surface area contributed by atoms with Gasteiger partial charge in [0.25, 0.3) is 0 Å². The largest absolute Gasteiger partial charge is 0.464 e. The predicted octanol–water partition coefficient (Wildman–Crippen LogP) is 4.39. The number of unbranched alkanes of at least 4 members (excludes halogenated alkanes) is 6. The molecule has 0 saturated carbocycles. The van der Waals surface area contributed by atoms with Crippen LogP contribution < -0.4 is 0 Å². The zero-order chi connectivity index (χ0) is 20.6.